The minimum absolute atomic E-state index is 0.341. The van der Waals surface area contributed by atoms with E-state index in [0.717, 1.165) is 21.9 Å². The molecule has 1 atom stereocenters. The predicted molar refractivity (Wildman–Crippen MR) is 90.8 cm³/mol. The van der Waals surface area contributed by atoms with Gasteiger partial charge >= 0.3 is 5.97 Å². The lowest BCUT2D eigenvalue weighted by molar-refractivity contribution is 0.0519. The van der Waals surface area contributed by atoms with E-state index in [-0.39, 0.29) is 5.97 Å². The van der Waals surface area contributed by atoms with Gasteiger partial charge in [0.2, 0.25) is 0 Å². The molecule has 0 N–H and O–H groups in total. The van der Waals surface area contributed by atoms with Crippen molar-refractivity contribution in [3.05, 3.63) is 51.5 Å². The molecule has 0 fully saturated rings. The van der Waals surface area contributed by atoms with Crippen molar-refractivity contribution in [3.8, 4) is 0 Å². The van der Waals surface area contributed by atoms with Gasteiger partial charge in [0.25, 0.3) is 0 Å². The normalized spacial score (nSPS) is 12.1. The van der Waals surface area contributed by atoms with E-state index in [1.165, 1.54) is 11.3 Å². The summed E-state index contributed by atoms with van der Waals surface area (Å²) >= 11 is 1.49. The van der Waals surface area contributed by atoms with Crippen LogP contribution >= 0.6 is 11.3 Å². The van der Waals surface area contributed by atoms with Crippen LogP contribution in [0.2, 0.25) is 0 Å². The van der Waals surface area contributed by atoms with E-state index in [1.807, 2.05) is 37.3 Å². The number of nitrogens with zero attached hydrogens (tertiary/aromatic N) is 1. The summed E-state index contributed by atoms with van der Waals surface area (Å²) in [7, 11) is 0. The second kappa shape index (κ2) is 8.77. The first-order chi connectivity index (χ1) is 11.1. The number of halogens is 1. The maximum atomic E-state index is 14.0. The Hall–Kier alpha value is -1.75. The molecule has 0 aliphatic heterocycles. The highest BCUT2D eigenvalue weighted by atomic mass is 32.1. The van der Waals surface area contributed by atoms with E-state index in [2.05, 4.69) is 4.98 Å². The Balaban J connectivity index is 1.80. The lowest BCUT2D eigenvalue weighted by Crippen LogP contribution is -2.07. The summed E-state index contributed by atoms with van der Waals surface area (Å²) in [6.45, 7) is 3.98. The first-order valence-corrected chi connectivity index (χ1v) is 8.73. The van der Waals surface area contributed by atoms with Crippen LogP contribution in [0.15, 0.2) is 30.3 Å². The average Bonchev–Trinajstić information content (AvgIpc) is 2.89. The van der Waals surface area contributed by atoms with Crippen LogP contribution in [0.1, 0.15) is 45.7 Å². The summed E-state index contributed by atoms with van der Waals surface area (Å²) in [5, 5.41) is 0.873. The Morgan fingerprint density at radius 2 is 2.09 bits per heavy atom. The predicted octanol–water partition coefficient (Wildman–Crippen LogP) is 4.53. The molecule has 0 aliphatic rings. The van der Waals surface area contributed by atoms with E-state index in [4.69, 9.17) is 4.74 Å². The molecule has 5 heteroatoms. The van der Waals surface area contributed by atoms with Crippen LogP contribution in [0.25, 0.3) is 0 Å². The molecule has 1 aromatic carbocycles. The van der Waals surface area contributed by atoms with Gasteiger partial charge in [-0.1, -0.05) is 30.3 Å². The van der Waals surface area contributed by atoms with Crippen LogP contribution in [-0.2, 0) is 17.6 Å². The standard InChI is InChI=1S/C18H22FNO2S/c1-3-22-18(21)17-13(2)23-16(20-17)11-7-10-15(19)12-14-8-5-4-6-9-14/h4-6,8-9,15H,3,7,10-12H2,1-2H3. The minimum Gasteiger partial charge on any atom is -0.461 e. The van der Waals surface area contributed by atoms with Gasteiger partial charge < -0.3 is 4.74 Å². The van der Waals surface area contributed by atoms with E-state index >= 15 is 0 Å². The molecule has 0 aliphatic carbocycles. The zero-order valence-corrected chi connectivity index (χ0v) is 14.4. The number of benzene rings is 1. The van der Waals surface area contributed by atoms with Crippen LogP contribution < -0.4 is 0 Å². The SMILES string of the molecule is CCOC(=O)c1nc(CCCC(F)Cc2ccccc2)sc1C. The summed E-state index contributed by atoms with van der Waals surface area (Å²) in [6, 6.07) is 9.68. The zero-order chi connectivity index (χ0) is 16.7. The number of hydrogen-bond acceptors (Lipinski definition) is 4. The van der Waals surface area contributed by atoms with Gasteiger partial charge in [0, 0.05) is 11.3 Å². The van der Waals surface area contributed by atoms with E-state index in [0.29, 0.717) is 31.6 Å². The molecule has 3 nitrogen and oxygen atoms in total. The number of rotatable bonds is 8. The van der Waals surface area contributed by atoms with Crippen LogP contribution in [0, 0.1) is 6.92 Å². The molecule has 124 valence electrons. The number of alkyl halides is 1. The van der Waals surface area contributed by atoms with Crippen LogP contribution in [0.3, 0.4) is 0 Å². The summed E-state index contributed by atoms with van der Waals surface area (Å²) < 4.78 is 19.0. The van der Waals surface area contributed by atoms with Gasteiger partial charge in [0.1, 0.15) is 6.17 Å². The second-order valence-corrected chi connectivity index (χ2v) is 6.70. The third-order valence-corrected chi connectivity index (χ3v) is 4.55. The van der Waals surface area contributed by atoms with Gasteiger partial charge in [0.05, 0.1) is 11.6 Å². The van der Waals surface area contributed by atoms with Gasteiger partial charge in [-0.05, 0) is 38.7 Å². The molecule has 2 aromatic rings. The third-order valence-electron chi connectivity index (χ3n) is 3.52. The fourth-order valence-corrected chi connectivity index (χ4v) is 3.36. The summed E-state index contributed by atoms with van der Waals surface area (Å²) in [5.41, 5.74) is 1.42. The van der Waals surface area contributed by atoms with Crippen molar-refractivity contribution in [1.29, 1.82) is 0 Å². The monoisotopic (exact) mass is 335 g/mol. The van der Waals surface area contributed by atoms with E-state index in [1.54, 1.807) is 6.92 Å². The highest BCUT2D eigenvalue weighted by molar-refractivity contribution is 7.11. The van der Waals surface area contributed by atoms with Crippen molar-refractivity contribution in [3.63, 3.8) is 0 Å². The Bertz CT molecular complexity index is 627. The van der Waals surface area contributed by atoms with Crippen molar-refractivity contribution in [2.75, 3.05) is 6.61 Å². The average molecular weight is 335 g/mol. The highest BCUT2D eigenvalue weighted by Gasteiger charge is 2.16. The van der Waals surface area contributed by atoms with Crippen LogP contribution in [0.4, 0.5) is 4.39 Å². The molecule has 0 amide bonds. The lowest BCUT2D eigenvalue weighted by Gasteiger charge is -2.07. The first kappa shape index (κ1) is 17.6. The number of carbonyl (C=O) groups excluding carboxylic acids is 1. The Labute approximate surface area is 140 Å². The van der Waals surface area contributed by atoms with Crippen LogP contribution in [0.5, 0.6) is 0 Å². The lowest BCUT2D eigenvalue weighted by atomic mass is 10.0. The Morgan fingerprint density at radius 1 is 1.35 bits per heavy atom. The summed E-state index contributed by atoms with van der Waals surface area (Å²) in [6.07, 6.45) is 1.53. The maximum Gasteiger partial charge on any atom is 0.358 e. The molecule has 2 rings (SSSR count). The molecule has 1 aromatic heterocycles. The molecular weight excluding hydrogens is 313 g/mol. The summed E-state index contributed by atoms with van der Waals surface area (Å²) in [4.78, 5) is 16.9. The molecule has 0 saturated heterocycles. The zero-order valence-electron chi connectivity index (χ0n) is 13.5. The third kappa shape index (κ3) is 5.43. The fraction of sp³-hybridized carbons (Fsp3) is 0.444. The molecule has 0 saturated carbocycles. The van der Waals surface area contributed by atoms with Crippen molar-refractivity contribution in [1.82, 2.24) is 4.98 Å². The first-order valence-electron chi connectivity index (χ1n) is 7.91. The van der Waals surface area contributed by atoms with Gasteiger partial charge in [-0.25, -0.2) is 14.2 Å². The van der Waals surface area contributed by atoms with Crippen molar-refractivity contribution < 1.29 is 13.9 Å². The smallest absolute Gasteiger partial charge is 0.358 e. The number of aryl methyl sites for hydroxylation is 2. The largest absolute Gasteiger partial charge is 0.461 e. The van der Waals surface area contributed by atoms with Gasteiger partial charge in [-0.15, -0.1) is 11.3 Å². The highest BCUT2D eigenvalue weighted by Crippen LogP contribution is 2.21. The molecule has 23 heavy (non-hydrogen) atoms. The number of carbonyl (C=O) groups is 1. The van der Waals surface area contributed by atoms with E-state index in [9.17, 15) is 9.18 Å². The Morgan fingerprint density at radius 3 is 2.78 bits per heavy atom. The number of esters is 1. The van der Waals surface area contributed by atoms with Gasteiger partial charge in [-0.3, -0.25) is 0 Å². The maximum absolute atomic E-state index is 14.0. The molecule has 1 unspecified atom stereocenters. The number of hydrogen-bond donors (Lipinski definition) is 0. The molecular formula is C18H22FNO2S. The second-order valence-electron chi connectivity index (χ2n) is 5.41. The number of ether oxygens (including phenoxy) is 1. The minimum atomic E-state index is -0.844. The summed E-state index contributed by atoms with van der Waals surface area (Å²) in [5.74, 6) is -0.375. The number of aromatic nitrogens is 1. The van der Waals surface area contributed by atoms with Crippen molar-refractivity contribution in [2.24, 2.45) is 0 Å². The molecule has 1 heterocycles. The topological polar surface area (TPSA) is 39.2 Å². The van der Waals surface area contributed by atoms with Gasteiger partial charge in [0.15, 0.2) is 5.69 Å². The van der Waals surface area contributed by atoms with Crippen molar-refractivity contribution in [2.45, 2.75) is 45.7 Å². The quantitative estimate of drug-likeness (QED) is 0.665. The fourth-order valence-electron chi connectivity index (χ4n) is 2.39. The Kier molecular flexibility index (Phi) is 6.71. The van der Waals surface area contributed by atoms with Gasteiger partial charge in [-0.2, -0.15) is 0 Å². The number of thiazole rings is 1. The molecule has 0 spiro atoms. The molecule has 0 bridgehead atoms. The van der Waals surface area contributed by atoms with Crippen molar-refractivity contribution >= 4 is 17.3 Å². The van der Waals surface area contributed by atoms with E-state index < -0.39 is 6.17 Å². The molecule has 0 radical (unpaired) electrons. The van der Waals surface area contributed by atoms with Crippen LogP contribution in [-0.4, -0.2) is 23.7 Å².